The van der Waals surface area contributed by atoms with Crippen molar-refractivity contribution in [1.82, 2.24) is 15.1 Å². The van der Waals surface area contributed by atoms with Crippen LogP contribution in [0.3, 0.4) is 0 Å². The van der Waals surface area contributed by atoms with Crippen molar-refractivity contribution in [3.05, 3.63) is 63.8 Å². The Morgan fingerprint density at radius 3 is 2.64 bits per heavy atom. The standard InChI is InChI=1S/C19H22FN3O2/c20-15-7-5-6-14(12-15)13-23-18(24)11-10-17(22-23)19(25)21-16-8-3-1-2-4-9-16/h5-7,10-12,16H,1-4,8-9,13H2,(H,21,25). The van der Waals surface area contributed by atoms with Gasteiger partial charge in [-0.1, -0.05) is 37.8 Å². The quantitative estimate of drug-likeness (QED) is 0.868. The molecule has 0 unspecified atom stereocenters. The summed E-state index contributed by atoms with van der Waals surface area (Å²) in [6, 6.07) is 8.93. The molecule has 3 rings (SSSR count). The summed E-state index contributed by atoms with van der Waals surface area (Å²) in [4.78, 5) is 24.4. The summed E-state index contributed by atoms with van der Waals surface area (Å²) >= 11 is 0. The monoisotopic (exact) mass is 343 g/mol. The minimum atomic E-state index is -0.368. The molecule has 0 aliphatic heterocycles. The van der Waals surface area contributed by atoms with Crippen LogP contribution >= 0.6 is 0 Å². The van der Waals surface area contributed by atoms with Crippen LogP contribution < -0.4 is 10.9 Å². The molecule has 1 aliphatic carbocycles. The Hall–Kier alpha value is -2.50. The summed E-state index contributed by atoms with van der Waals surface area (Å²) in [7, 11) is 0. The van der Waals surface area contributed by atoms with E-state index >= 15 is 0 Å². The Balaban J connectivity index is 1.74. The number of carbonyl (C=O) groups excluding carboxylic acids is 1. The van der Waals surface area contributed by atoms with Gasteiger partial charge in [0.2, 0.25) is 0 Å². The molecule has 1 aromatic heterocycles. The van der Waals surface area contributed by atoms with E-state index in [1.165, 1.54) is 41.8 Å². The van der Waals surface area contributed by atoms with Gasteiger partial charge < -0.3 is 5.32 Å². The molecule has 1 N–H and O–H groups in total. The fraction of sp³-hybridized carbons (Fsp3) is 0.421. The molecule has 1 fully saturated rings. The Labute approximate surface area is 145 Å². The first-order valence-corrected chi connectivity index (χ1v) is 8.75. The number of hydrogen-bond acceptors (Lipinski definition) is 3. The summed E-state index contributed by atoms with van der Waals surface area (Å²) in [6.45, 7) is 0.126. The number of hydrogen-bond donors (Lipinski definition) is 1. The zero-order valence-corrected chi connectivity index (χ0v) is 14.1. The molecule has 0 atom stereocenters. The number of benzene rings is 1. The molecule has 0 bridgehead atoms. The van der Waals surface area contributed by atoms with Gasteiger partial charge in [-0.3, -0.25) is 9.59 Å². The number of carbonyl (C=O) groups is 1. The number of nitrogens with one attached hydrogen (secondary N) is 1. The molecule has 1 aromatic carbocycles. The highest BCUT2D eigenvalue weighted by Crippen LogP contribution is 2.17. The van der Waals surface area contributed by atoms with Crippen molar-refractivity contribution < 1.29 is 9.18 Å². The van der Waals surface area contributed by atoms with Gasteiger partial charge in [-0.05, 0) is 36.6 Å². The van der Waals surface area contributed by atoms with Crippen LogP contribution in [0.5, 0.6) is 0 Å². The zero-order valence-electron chi connectivity index (χ0n) is 14.1. The molecule has 132 valence electrons. The van der Waals surface area contributed by atoms with E-state index in [1.54, 1.807) is 12.1 Å². The first-order chi connectivity index (χ1) is 12.1. The largest absolute Gasteiger partial charge is 0.348 e. The molecule has 1 saturated carbocycles. The third-order valence-corrected chi connectivity index (χ3v) is 4.51. The minimum Gasteiger partial charge on any atom is -0.348 e. The van der Waals surface area contributed by atoms with Gasteiger partial charge in [0.15, 0.2) is 0 Å². The van der Waals surface area contributed by atoms with E-state index in [4.69, 9.17) is 0 Å². The maximum atomic E-state index is 13.3. The van der Waals surface area contributed by atoms with Crippen molar-refractivity contribution in [1.29, 1.82) is 0 Å². The van der Waals surface area contributed by atoms with Gasteiger partial charge in [-0.2, -0.15) is 5.10 Å². The van der Waals surface area contributed by atoms with Crippen molar-refractivity contribution in [2.75, 3.05) is 0 Å². The number of aromatic nitrogens is 2. The summed E-state index contributed by atoms with van der Waals surface area (Å²) in [5.74, 6) is -0.632. The summed E-state index contributed by atoms with van der Waals surface area (Å²) in [6.07, 6.45) is 6.63. The lowest BCUT2D eigenvalue weighted by Crippen LogP contribution is -2.36. The Morgan fingerprint density at radius 2 is 1.92 bits per heavy atom. The number of nitrogens with zero attached hydrogens (tertiary/aromatic N) is 2. The maximum absolute atomic E-state index is 13.3. The van der Waals surface area contributed by atoms with E-state index in [0.29, 0.717) is 5.56 Å². The molecule has 1 amide bonds. The SMILES string of the molecule is O=C(NC1CCCCCC1)c1ccc(=O)n(Cc2cccc(F)c2)n1. The normalized spacial score (nSPS) is 15.6. The van der Waals surface area contributed by atoms with Crippen LogP contribution in [0.2, 0.25) is 0 Å². The Morgan fingerprint density at radius 1 is 1.16 bits per heavy atom. The molecule has 0 spiro atoms. The fourth-order valence-electron chi connectivity index (χ4n) is 3.17. The van der Waals surface area contributed by atoms with E-state index in [-0.39, 0.29) is 35.6 Å². The summed E-state index contributed by atoms with van der Waals surface area (Å²) in [5.41, 5.74) is 0.506. The number of rotatable bonds is 4. The van der Waals surface area contributed by atoms with Gasteiger partial charge in [0.1, 0.15) is 11.5 Å². The highest BCUT2D eigenvalue weighted by molar-refractivity contribution is 5.92. The second-order valence-corrected chi connectivity index (χ2v) is 6.51. The van der Waals surface area contributed by atoms with Crippen LogP contribution in [0.15, 0.2) is 41.2 Å². The predicted molar refractivity (Wildman–Crippen MR) is 93.0 cm³/mol. The van der Waals surface area contributed by atoms with Gasteiger partial charge in [-0.25, -0.2) is 9.07 Å². The number of amides is 1. The third kappa shape index (κ3) is 4.75. The lowest BCUT2D eigenvalue weighted by atomic mass is 10.1. The molecule has 2 aromatic rings. The maximum Gasteiger partial charge on any atom is 0.271 e. The second kappa shape index (κ2) is 8.05. The van der Waals surface area contributed by atoms with Crippen LogP contribution in [0, 0.1) is 5.82 Å². The third-order valence-electron chi connectivity index (χ3n) is 4.51. The lowest BCUT2D eigenvalue weighted by molar-refractivity contribution is 0.0925. The molecule has 0 radical (unpaired) electrons. The van der Waals surface area contributed by atoms with Crippen LogP contribution in [-0.2, 0) is 6.54 Å². The second-order valence-electron chi connectivity index (χ2n) is 6.51. The van der Waals surface area contributed by atoms with Crippen molar-refractivity contribution in [3.63, 3.8) is 0 Å². The highest BCUT2D eigenvalue weighted by atomic mass is 19.1. The summed E-state index contributed by atoms with van der Waals surface area (Å²) < 4.78 is 14.5. The van der Waals surface area contributed by atoms with E-state index < -0.39 is 0 Å². The van der Waals surface area contributed by atoms with Gasteiger partial charge in [-0.15, -0.1) is 0 Å². The van der Waals surface area contributed by atoms with Gasteiger partial charge in [0.25, 0.3) is 11.5 Å². The molecule has 5 nitrogen and oxygen atoms in total. The highest BCUT2D eigenvalue weighted by Gasteiger charge is 2.17. The number of halogens is 1. The molecular weight excluding hydrogens is 321 g/mol. The fourth-order valence-corrected chi connectivity index (χ4v) is 3.17. The van der Waals surface area contributed by atoms with Gasteiger partial charge >= 0.3 is 0 Å². The van der Waals surface area contributed by atoms with Gasteiger partial charge in [0.05, 0.1) is 6.54 Å². The van der Waals surface area contributed by atoms with E-state index in [0.717, 1.165) is 25.7 Å². The first-order valence-electron chi connectivity index (χ1n) is 8.75. The molecular formula is C19H22FN3O2. The molecule has 1 heterocycles. The smallest absolute Gasteiger partial charge is 0.271 e. The van der Waals surface area contributed by atoms with Gasteiger partial charge in [0, 0.05) is 12.1 Å². The van der Waals surface area contributed by atoms with Crippen molar-refractivity contribution in [2.45, 2.75) is 51.1 Å². The van der Waals surface area contributed by atoms with Crippen LogP contribution in [0.25, 0.3) is 0 Å². The van der Waals surface area contributed by atoms with Crippen molar-refractivity contribution in [3.8, 4) is 0 Å². The average Bonchev–Trinajstić information content (AvgIpc) is 2.85. The van der Waals surface area contributed by atoms with Crippen LogP contribution in [0.4, 0.5) is 4.39 Å². The van der Waals surface area contributed by atoms with E-state index in [1.807, 2.05) is 0 Å². The Bertz CT molecular complexity index is 795. The van der Waals surface area contributed by atoms with Crippen molar-refractivity contribution >= 4 is 5.91 Å². The lowest BCUT2D eigenvalue weighted by Gasteiger charge is -2.16. The van der Waals surface area contributed by atoms with E-state index in [9.17, 15) is 14.0 Å². The first kappa shape index (κ1) is 17.3. The van der Waals surface area contributed by atoms with Crippen LogP contribution in [0.1, 0.15) is 54.6 Å². The Kier molecular flexibility index (Phi) is 5.58. The average molecular weight is 343 g/mol. The van der Waals surface area contributed by atoms with E-state index in [2.05, 4.69) is 10.4 Å². The van der Waals surface area contributed by atoms with Crippen molar-refractivity contribution in [2.24, 2.45) is 0 Å². The molecule has 6 heteroatoms. The molecule has 0 saturated heterocycles. The summed E-state index contributed by atoms with van der Waals surface area (Å²) in [5, 5.41) is 7.17. The predicted octanol–water partition coefficient (Wildman–Crippen LogP) is 2.88. The molecule has 25 heavy (non-hydrogen) atoms. The zero-order chi connectivity index (χ0) is 17.6. The molecule has 1 aliphatic rings. The van der Waals surface area contributed by atoms with Crippen LogP contribution in [-0.4, -0.2) is 21.7 Å². The minimum absolute atomic E-state index is 0.126. The topological polar surface area (TPSA) is 64.0 Å².